The van der Waals surface area contributed by atoms with E-state index >= 15 is 0 Å². The molecule has 2 nitrogen and oxygen atoms in total. The Morgan fingerprint density at radius 1 is 1.13 bits per heavy atom. The Bertz CT molecular complexity index is 718. The van der Waals surface area contributed by atoms with Crippen molar-refractivity contribution in [3.8, 4) is 0 Å². The number of rotatable bonds is 3. The van der Waals surface area contributed by atoms with E-state index in [4.69, 9.17) is 11.6 Å². The standard InChI is InChI=1S/C18H19ClF2N2/c1-11(13-3-2-4-16(20)17(13)21)23-18-14-8-10-22-9-7-12(14)5-6-15(18)19/h2-6,11,22-23H,7-10H2,1H3. The monoisotopic (exact) mass is 336 g/mol. The lowest BCUT2D eigenvalue weighted by Gasteiger charge is -2.21. The average molecular weight is 337 g/mol. The molecule has 0 spiro atoms. The van der Waals surface area contributed by atoms with Crippen LogP contribution in [-0.2, 0) is 12.8 Å². The zero-order valence-electron chi connectivity index (χ0n) is 12.9. The second-order valence-corrected chi connectivity index (χ2v) is 6.23. The third kappa shape index (κ3) is 3.33. The van der Waals surface area contributed by atoms with Gasteiger partial charge in [0.15, 0.2) is 11.6 Å². The smallest absolute Gasteiger partial charge is 0.164 e. The van der Waals surface area contributed by atoms with Crippen molar-refractivity contribution in [1.29, 1.82) is 0 Å². The molecule has 0 amide bonds. The first-order valence-electron chi connectivity index (χ1n) is 7.79. The highest BCUT2D eigenvalue weighted by molar-refractivity contribution is 6.33. The minimum Gasteiger partial charge on any atom is -0.377 e. The fraction of sp³-hybridized carbons (Fsp3) is 0.333. The van der Waals surface area contributed by atoms with Crippen molar-refractivity contribution in [3.63, 3.8) is 0 Å². The Hall–Kier alpha value is -1.65. The number of halogens is 3. The molecule has 0 saturated carbocycles. The van der Waals surface area contributed by atoms with Crippen molar-refractivity contribution in [2.75, 3.05) is 18.4 Å². The highest BCUT2D eigenvalue weighted by Crippen LogP contribution is 2.34. The lowest BCUT2D eigenvalue weighted by Crippen LogP contribution is -2.16. The van der Waals surface area contributed by atoms with Crippen LogP contribution in [-0.4, -0.2) is 13.1 Å². The molecule has 23 heavy (non-hydrogen) atoms. The van der Waals surface area contributed by atoms with Gasteiger partial charge in [-0.25, -0.2) is 8.78 Å². The molecule has 1 heterocycles. The molecule has 5 heteroatoms. The Labute approximate surface area is 139 Å². The van der Waals surface area contributed by atoms with Crippen LogP contribution in [0.3, 0.4) is 0 Å². The fourth-order valence-electron chi connectivity index (χ4n) is 3.05. The minimum absolute atomic E-state index is 0.297. The van der Waals surface area contributed by atoms with Crippen LogP contribution in [0.1, 0.15) is 29.7 Å². The molecule has 0 radical (unpaired) electrons. The van der Waals surface area contributed by atoms with Gasteiger partial charge < -0.3 is 10.6 Å². The third-order valence-electron chi connectivity index (χ3n) is 4.29. The molecule has 2 N–H and O–H groups in total. The number of fused-ring (bicyclic) bond motifs is 1. The lowest BCUT2D eigenvalue weighted by atomic mass is 9.99. The molecule has 1 aliphatic heterocycles. The summed E-state index contributed by atoms with van der Waals surface area (Å²) in [5, 5.41) is 7.25. The topological polar surface area (TPSA) is 24.1 Å². The second kappa shape index (κ2) is 6.85. The lowest BCUT2D eigenvalue weighted by molar-refractivity contribution is 0.494. The number of hydrogen-bond donors (Lipinski definition) is 2. The number of hydrogen-bond acceptors (Lipinski definition) is 2. The molecule has 1 aliphatic rings. The van der Waals surface area contributed by atoms with Gasteiger partial charge in [0.05, 0.1) is 16.8 Å². The summed E-state index contributed by atoms with van der Waals surface area (Å²) in [5.74, 6) is -1.65. The Kier molecular flexibility index (Phi) is 4.83. The minimum atomic E-state index is -0.835. The predicted octanol–water partition coefficient (Wildman–Crippen LogP) is 4.48. The third-order valence-corrected chi connectivity index (χ3v) is 4.61. The van der Waals surface area contributed by atoms with Crippen molar-refractivity contribution >= 4 is 17.3 Å². The largest absolute Gasteiger partial charge is 0.377 e. The van der Waals surface area contributed by atoms with Crippen LogP contribution in [0.2, 0.25) is 5.02 Å². The van der Waals surface area contributed by atoms with Gasteiger partial charge in [-0.15, -0.1) is 0 Å². The summed E-state index contributed by atoms with van der Waals surface area (Å²) >= 11 is 6.37. The zero-order chi connectivity index (χ0) is 16.4. The average Bonchev–Trinajstić information content (AvgIpc) is 2.78. The maximum atomic E-state index is 14.0. The van der Waals surface area contributed by atoms with Crippen LogP contribution in [0.5, 0.6) is 0 Å². The van der Waals surface area contributed by atoms with Crippen LogP contribution in [0.15, 0.2) is 30.3 Å². The first-order valence-corrected chi connectivity index (χ1v) is 8.17. The zero-order valence-corrected chi connectivity index (χ0v) is 13.7. The first kappa shape index (κ1) is 16.2. The Morgan fingerprint density at radius 2 is 1.91 bits per heavy atom. The highest BCUT2D eigenvalue weighted by Gasteiger charge is 2.19. The highest BCUT2D eigenvalue weighted by atomic mass is 35.5. The molecule has 0 bridgehead atoms. The molecule has 0 aliphatic carbocycles. The van der Waals surface area contributed by atoms with Crippen molar-refractivity contribution in [2.24, 2.45) is 0 Å². The van der Waals surface area contributed by atoms with Gasteiger partial charge in [-0.05, 0) is 56.1 Å². The predicted molar refractivity (Wildman–Crippen MR) is 90.1 cm³/mol. The van der Waals surface area contributed by atoms with E-state index in [1.165, 1.54) is 11.6 Å². The van der Waals surface area contributed by atoms with Gasteiger partial charge >= 0.3 is 0 Å². The first-order chi connectivity index (χ1) is 11.1. The number of anilines is 1. The Balaban J connectivity index is 1.95. The molecule has 3 rings (SSSR count). The normalized spacial score (nSPS) is 15.7. The van der Waals surface area contributed by atoms with Gasteiger partial charge in [0.1, 0.15) is 0 Å². The van der Waals surface area contributed by atoms with Crippen LogP contribution in [0, 0.1) is 11.6 Å². The van der Waals surface area contributed by atoms with E-state index in [1.54, 1.807) is 6.07 Å². The van der Waals surface area contributed by atoms with Crippen molar-refractivity contribution in [1.82, 2.24) is 5.32 Å². The number of nitrogens with one attached hydrogen (secondary N) is 2. The van der Waals surface area contributed by atoms with Gasteiger partial charge in [0, 0.05) is 5.56 Å². The van der Waals surface area contributed by atoms with E-state index < -0.39 is 11.6 Å². The summed E-state index contributed by atoms with van der Waals surface area (Å²) in [6, 6.07) is 7.76. The molecule has 2 aromatic rings. The van der Waals surface area contributed by atoms with E-state index in [2.05, 4.69) is 10.6 Å². The molecular formula is C18H19ClF2N2. The van der Waals surface area contributed by atoms with Crippen molar-refractivity contribution < 1.29 is 8.78 Å². The summed E-state index contributed by atoms with van der Waals surface area (Å²) < 4.78 is 27.4. The summed E-state index contributed by atoms with van der Waals surface area (Å²) in [5.41, 5.74) is 3.52. The molecule has 0 saturated heterocycles. The van der Waals surface area contributed by atoms with Gasteiger partial charge in [-0.1, -0.05) is 29.8 Å². The molecule has 122 valence electrons. The van der Waals surface area contributed by atoms with Crippen molar-refractivity contribution in [2.45, 2.75) is 25.8 Å². The summed E-state index contributed by atoms with van der Waals surface area (Å²) in [7, 11) is 0. The van der Waals surface area contributed by atoms with Gasteiger partial charge in [-0.3, -0.25) is 0 Å². The maximum absolute atomic E-state index is 14.0. The van der Waals surface area contributed by atoms with Crippen LogP contribution in [0.4, 0.5) is 14.5 Å². The molecule has 2 aromatic carbocycles. The summed E-state index contributed by atoms with van der Waals surface area (Å²) in [6.45, 7) is 3.62. The SMILES string of the molecule is CC(Nc1c(Cl)ccc2c1CCNCC2)c1cccc(F)c1F. The van der Waals surface area contributed by atoms with E-state index in [0.29, 0.717) is 10.6 Å². The van der Waals surface area contributed by atoms with Gasteiger partial charge in [0.25, 0.3) is 0 Å². The molecular weight excluding hydrogens is 318 g/mol. The summed E-state index contributed by atoms with van der Waals surface area (Å²) in [4.78, 5) is 0. The van der Waals surface area contributed by atoms with E-state index in [9.17, 15) is 8.78 Å². The molecule has 1 atom stereocenters. The van der Waals surface area contributed by atoms with Crippen LogP contribution < -0.4 is 10.6 Å². The van der Waals surface area contributed by atoms with Gasteiger partial charge in [-0.2, -0.15) is 0 Å². The quantitative estimate of drug-likeness (QED) is 0.863. The van der Waals surface area contributed by atoms with Gasteiger partial charge in [0.2, 0.25) is 0 Å². The van der Waals surface area contributed by atoms with Crippen LogP contribution in [0.25, 0.3) is 0 Å². The molecule has 0 fully saturated rings. The fourth-order valence-corrected chi connectivity index (χ4v) is 3.28. The number of benzene rings is 2. The van der Waals surface area contributed by atoms with Crippen LogP contribution >= 0.6 is 11.6 Å². The van der Waals surface area contributed by atoms with E-state index in [1.807, 2.05) is 19.1 Å². The van der Waals surface area contributed by atoms with E-state index in [-0.39, 0.29) is 6.04 Å². The van der Waals surface area contributed by atoms with E-state index in [0.717, 1.165) is 43.2 Å². The molecule has 0 aromatic heterocycles. The van der Waals surface area contributed by atoms with Crippen molar-refractivity contribution in [3.05, 3.63) is 63.7 Å². The molecule has 1 unspecified atom stereocenters. The summed E-state index contributed by atoms with van der Waals surface area (Å²) in [6.07, 6.45) is 1.79. The second-order valence-electron chi connectivity index (χ2n) is 5.82. The maximum Gasteiger partial charge on any atom is 0.164 e. The Morgan fingerprint density at radius 3 is 2.74 bits per heavy atom.